The van der Waals surface area contributed by atoms with E-state index in [1.54, 1.807) is 24.3 Å². The highest BCUT2D eigenvalue weighted by Crippen LogP contribution is 2.29. The molecule has 33 heavy (non-hydrogen) atoms. The van der Waals surface area contributed by atoms with Crippen LogP contribution in [-0.2, 0) is 11.3 Å². The van der Waals surface area contributed by atoms with Gasteiger partial charge in [0.1, 0.15) is 17.0 Å². The minimum Gasteiger partial charge on any atom is -0.496 e. The van der Waals surface area contributed by atoms with Gasteiger partial charge in [0.2, 0.25) is 0 Å². The molecule has 0 aliphatic carbocycles. The van der Waals surface area contributed by atoms with E-state index < -0.39 is 17.8 Å². The monoisotopic (exact) mass is 458 g/mol. The van der Waals surface area contributed by atoms with Gasteiger partial charge in [-0.3, -0.25) is 9.36 Å². The Hall–Kier alpha value is -4.35. The number of aromatic nitrogens is 4. The first-order chi connectivity index (χ1) is 15.8. The van der Waals surface area contributed by atoms with E-state index >= 15 is 0 Å². The molecule has 2 N–H and O–H groups in total. The van der Waals surface area contributed by atoms with Crippen molar-refractivity contribution in [1.29, 1.82) is 0 Å². The van der Waals surface area contributed by atoms with Crippen molar-refractivity contribution in [2.45, 2.75) is 12.9 Å². The van der Waals surface area contributed by atoms with E-state index in [0.29, 0.717) is 11.3 Å². The second-order valence-corrected chi connectivity index (χ2v) is 6.73. The predicted molar refractivity (Wildman–Crippen MR) is 112 cm³/mol. The van der Waals surface area contributed by atoms with Crippen LogP contribution < -0.4 is 20.5 Å². The Morgan fingerprint density at radius 2 is 1.94 bits per heavy atom. The zero-order valence-corrected chi connectivity index (χ0v) is 16.9. The summed E-state index contributed by atoms with van der Waals surface area (Å²) in [7, 11) is 1.50. The fraction of sp³-hybridized carbons (Fsp3) is 0.143. The van der Waals surface area contributed by atoms with E-state index in [0.717, 1.165) is 12.1 Å². The lowest BCUT2D eigenvalue weighted by Crippen LogP contribution is -2.18. The Kier molecular flexibility index (Phi) is 5.73. The molecule has 0 atom stereocenters. The third-order valence-electron chi connectivity index (χ3n) is 4.64. The number of para-hydroxylation sites is 1. The van der Waals surface area contributed by atoms with Crippen LogP contribution in [0.4, 0.5) is 19.0 Å². The van der Waals surface area contributed by atoms with Crippen molar-refractivity contribution in [3.05, 3.63) is 64.6 Å². The second kappa shape index (κ2) is 8.65. The van der Waals surface area contributed by atoms with Gasteiger partial charge in [0.15, 0.2) is 17.3 Å². The van der Waals surface area contributed by atoms with Crippen molar-refractivity contribution >= 4 is 23.4 Å². The standard InChI is InChI=1S/C21H15F3N5O4/c1-32-15-8-3-2-5-13(15)10-29-19-16(26-20(29)31)18(25-11-30)27-17(28-19)12-6-4-7-14(9-12)33-21(22,23)24/h2-9H,10H2,1H3,(H,26,31)(H,25,27,28,30). The minimum atomic E-state index is -4.88. The highest BCUT2D eigenvalue weighted by Gasteiger charge is 2.31. The Labute approximate surface area is 183 Å². The number of carbonyl (C=O) groups excluding carboxylic acids is 1. The van der Waals surface area contributed by atoms with E-state index in [-0.39, 0.29) is 34.9 Å². The number of fused-ring (bicyclic) bond motifs is 1. The number of amides is 1. The largest absolute Gasteiger partial charge is 0.573 e. The second-order valence-electron chi connectivity index (χ2n) is 6.73. The third-order valence-corrected chi connectivity index (χ3v) is 4.64. The SMILES string of the molecule is COc1ccccc1Cn1c(=O)[nH]c2c(N[C]=O)nc(-c3cccc(OC(F)(F)F)c3)nc21. The lowest BCUT2D eigenvalue weighted by molar-refractivity contribution is -0.274. The third kappa shape index (κ3) is 4.63. The van der Waals surface area contributed by atoms with E-state index in [1.807, 2.05) is 0 Å². The number of H-pyrrole nitrogens is 1. The summed E-state index contributed by atoms with van der Waals surface area (Å²) in [6.45, 7) is 0.0702. The van der Waals surface area contributed by atoms with Crippen LogP contribution in [0, 0.1) is 0 Å². The summed E-state index contributed by atoms with van der Waals surface area (Å²) in [6, 6.07) is 12.1. The summed E-state index contributed by atoms with van der Waals surface area (Å²) >= 11 is 0. The van der Waals surface area contributed by atoms with Crippen molar-refractivity contribution in [2.75, 3.05) is 12.4 Å². The summed E-state index contributed by atoms with van der Waals surface area (Å²) in [5.41, 5.74) is 0.566. The van der Waals surface area contributed by atoms with Crippen LogP contribution in [-0.4, -0.2) is 39.4 Å². The molecular formula is C21H15F3N5O4. The quantitative estimate of drug-likeness (QED) is 0.412. The number of anilines is 1. The van der Waals surface area contributed by atoms with E-state index in [2.05, 4.69) is 25.0 Å². The van der Waals surface area contributed by atoms with Crippen LogP contribution in [0.3, 0.4) is 0 Å². The van der Waals surface area contributed by atoms with Crippen molar-refractivity contribution in [3.8, 4) is 22.9 Å². The van der Waals surface area contributed by atoms with Gasteiger partial charge in [0.05, 0.1) is 13.7 Å². The summed E-state index contributed by atoms with van der Waals surface area (Å²) in [6.07, 6.45) is -3.40. The van der Waals surface area contributed by atoms with Gasteiger partial charge in [-0.15, -0.1) is 13.2 Å². The molecule has 1 amide bonds. The summed E-state index contributed by atoms with van der Waals surface area (Å²) in [5.74, 6) is -0.0334. The Morgan fingerprint density at radius 3 is 2.67 bits per heavy atom. The first-order valence-corrected chi connectivity index (χ1v) is 9.41. The molecule has 2 heterocycles. The molecule has 0 bridgehead atoms. The van der Waals surface area contributed by atoms with Gasteiger partial charge in [-0.1, -0.05) is 30.3 Å². The van der Waals surface area contributed by atoms with Gasteiger partial charge in [0, 0.05) is 11.1 Å². The number of nitrogens with one attached hydrogen (secondary N) is 2. The maximum absolute atomic E-state index is 12.7. The maximum atomic E-state index is 12.7. The molecule has 0 aliphatic rings. The number of rotatable bonds is 7. The van der Waals surface area contributed by atoms with Crippen LogP contribution in [0.5, 0.6) is 11.5 Å². The predicted octanol–water partition coefficient (Wildman–Crippen LogP) is 3.22. The Balaban J connectivity index is 1.86. The molecule has 0 aliphatic heterocycles. The highest BCUT2D eigenvalue weighted by atomic mass is 19.4. The highest BCUT2D eigenvalue weighted by molar-refractivity contribution is 5.90. The van der Waals surface area contributed by atoms with Gasteiger partial charge >= 0.3 is 18.5 Å². The van der Waals surface area contributed by atoms with Crippen LogP contribution in [0.25, 0.3) is 22.6 Å². The smallest absolute Gasteiger partial charge is 0.496 e. The summed E-state index contributed by atoms with van der Waals surface area (Å²) in [5, 5.41) is 2.26. The number of imidazole rings is 1. The van der Waals surface area contributed by atoms with Crippen LogP contribution in [0.15, 0.2) is 53.3 Å². The zero-order chi connectivity index (χ0) is 23.6. The number of halogens is 3. The Bertz CT molecular complexity index is 1380. The Morgan fingerprint density at radius 1 is 1.15 bits per heavy atom. The zero-order valence-electron chi connectivity index (χ0n) is 16.9. The van der Waals surface area contributed by atoms with Gasteiger partial charge in [-0.25, -0.2) is 14.8 Å². The van der Waals surface area contributed by atoms with Crippen molar-refractivity contribution in [2.24, 2.45) is 0 Å². The van der Waals surface area contributed by atoms with Crippen molar-refractivity contribution in [3.63, 3.8) is 0 Å². The topological polar surface area (TPSA) is 111 Å². The fourth-order valence-corrected chi connectivity index (χ4v) is 3.28. The van der Waals surface area contributed by atoms with E-state index in [4.69, 9.17) is 4.74 Å². The minimum absolute atomic E-state index is 0.0411. The lowest BCUT2D eigenvalue weighted by atomic mass is 10.2. The number of nitrogens with zero attached hydrogens (tertiary/aromatic N) is 3. The molecule has 0 saturated heterocycles. The molecule has 0 saturated carbocycles. The molecule has 2 aromatic carbocycles. The molecule has 4 aromatic rings. The molecule has 12 heteroatoms. The maximum Gasteiger partial charge on any atom is 0.573 e. The average Bonchev–Trinajstić information content (AvgIpc) is 3.09. The van der Waals surface area contributed by atoms with Gasteiger partial charge in [-0.2, -0.15) is 0 Å². The number of methoxy groups -OCH3 is 1. The number of hydrogen-bond acceptors (Lipinski definition) is 6. The number of aromatic amines is 1. The summed E-state index contributed by atoms with van der Waals surface area (Å²) < 4.78 is 48.4. The number of alkyl halides is 3. The normalized spacial score (nSPS) is 11.4. The fourth-order valence-electron chi connectivity index (χ4n) is 3.28. The molecule has 0 unspecified atom stereocenters. The van der Waals surface area contributed by atoms with Crippen molar-refractivity contribution in [1.82, 2.24) is 19.5 Å². The first kappa shape index (κ1) is 21.9. The number of hydrogen-bond donors (Lipinski definition) is 2. The molecular weight excluding hydrogens is 443 g/mol. The molecule has 0 spiro atoms. The molecule has 1 radical (unpaired) electrons. The average molecular weight is 458 g/mol. The molecule has 2 aromatic heterocycles. The molecule has 9 nitrogen and oxygen atoms in total. The van der Waals surface area contributed by atoms with Crippen LogP contribution in [0.1, 0.15) is 5.56 Å². The number of ether oxygens (including phenoxy) is 2. The van der Waals surface area contributed by atoms with E-state index in [9.17, 15) is 22.8 Å². The molecule has 4 rings (SSSR count). The first-order valence-electron chi connectivity index (χ1n) is 9.41. The van der Waals surface area contributed by atoms with Crippen LogP contribution in [0.2, 0.25) is 0 Å². The van der Waals surface area contributed by atoms with Crippen molar-refractivity contribution < 1.29 is 27.4 Å². The summed E-state index contributed by atoms with van der Waals surface area (Å²) in [4.78, 5) is 34.8. The number of benzene rings is 2. The van der Waals surface area contributed by atoms with Gasteiger partial charge in [0.25, 0.3) is 0 Å². The van der Waals surface area contributed by atoms with Gasteiger partial charge in [-0.05, 0) is 18.2 Å². The van der Waals surface area contributed by atoms with Gasteiger partial charge < -0.3 is 19.8 Å². The lowest BCUT2D eigenvalue weighted by Gasteiger charge is -2.11. The van der Waals surface area contributed by atoms with Crippen LogP contribution >= 0.6 is 0 Å². The van der Waals surface area contributed by atoms with E-state index in [1.165, 1.54) is 30.2 Å². The molecule has 169 valence electrons. The molecule has 0 fully saturated rings.